The molecule has 0 heterocycles. The molecule has 0 spiro atoms. The number of benzene rings is 2. The van der Waals surface area contributed by atoms with Crippen molar-refractivity contribution < 1.29 is 19.1 Å². The van der Waals surface area contributed by atoms with Crippen LogP contribution >= 0.6 is 0 Å². The van der Waals surface area contributed by atoms with E-state index in [1.54, 1.807) is 37.4 Å². The van der Waals surface area contributed by atoms with Crippen LogP contribution in [0.2, 0.25) is 0 Å². The van der Waals surface area contributed by atoms with E-state index in [1.807, 2.05) is 18.2 Å². The molecule has 0 aromatic heterocycles. The third-order valence-electron chi connectivity index (χ3n) is 2.97. The van der Waals surface area contributed by atoms with E-state index >= 15 is 0 Å². The third-order valence-corrected chi connectivity index (χ3v) is 2.97. The topological polar surface area (TPSA) is 64.6 Å². The Morgan fingerprint density at radius 1 is 1.09 bits per heavy atom. The van der Waals surface area contributed by atoms with Crippen LogP contribution in [0.3, 0.4) is 0 Å². The van der Waals surface area contributed by atoms with Crippen LogP contribution in [0, 0.1) is 0 Å². The molecular weight excluding hydrogens is 282 g/mol. The monoisotopic (exact) mass is 299 g/mol. The first-order chi connectivity index (χ1) is 10.6. The fourth-order valence-corrected chi connectivity index (χ4v) is 1.98. The van der Waals surface area contributed by atoms with Crippen LogP contribution in [-0.2, 0) is 16.1 Å². The van der Waals surface area contributed by atoms with Crippen molar-refractivity contribution in [1.29, 1.82) is 0 Å². The van der Waals surface area contributed by atoms with E-state index in [0.29, 0.717) is 17.0 Å². The molecule has 0 bridgehead atoms. The second-order valence-electron chi connectivity index (χ2n) is 4.65. The zero-order valence-corrected chi connectivity index (χ0v) is 12.5. The highest BCUT2D eigenvalue weighted by Crippen LogP contribution is 2.19. The van der Waals surface area contributed by atoms with Crippen LogP contribution < -0.4 is 10.1 Å². The second kappa shape index (κ2) is 7.26. The predicted molar refractivity (Wildman–Crippen MR) is 82.9 cm³/mol. The standard InChI is InChI=1S/C17H17NO4/c1-12(19)18-15-8-5-7-13(10-15)17(20)22-11-14-6-3-4-9-16(14)21-2/h3-10H,11H2,1-2H3,(H,18,19). The summed E-state index contributed by atoms with van der Waals surface area (Å²) in [5.41, 5.74) is 1.72. The maximum absolute atomic E-state index is 12.1. The largest absolute Gasteiger partial charge is 0.496 e. The molecule has 1 amide bonds. The molecule has 22 heavy (non-hydrogen) atoms. The Labute approximate surface area is 128 Å². The summed E-state index contributed by atoms with van der Waals surface area (Å²) in [5.74, 6) is 0.0138. The summed E-state index contributed by atoms with van der Waals surface area (Å²) in [6.07, 6.45) is 0. The van der Waals surface area contributed by atoms with Gasteiger partial charge in [-0.25, -0.2) is 4.79 Å². The molecule has 0 aliphatic heterocycles. The predicted octanol–water partition coefficient (Wildman–Crippen LogP) is 3.01. The average Bonchev–Trinajstić information content (AvgIpc) is 2.52. The van der Waals surface area contributed by atoms with E-state index in [1.165, 1.54) is 6.92 Å². The van der Waals surface area contributed by atoms with E-state index in [2.05, 4.69) is 5.32 Å². The van der Waals surface area contributed by atoms with Crippen molar-refractivity contribution in [3.8, 4) is 5.75 Å². The van der Waals surface area contributed by atoms with Gasteiger partial charge < -0.3 is 14.8 Å². The number of methoxy groups -OCH3 is 1. The van der Waals surface area contributed by atoms with Crippen molar-refractivity contribution in [3.63, 3.8) is 0 Å². The summed E-state index contributed by atoms with van der Waals surface area (Å²) in [5, 5.41) is 2.63. The van der Waals surface area contributed by atoms with Gasteiger partial charge in [-0.05, 0) is 24.3 Å². The van der Waals surface area contributed by atoms with Gasteiger partial charge in [0, 0.05) is 18.2 Å². The number of rotatable bonds is 5. The maximum atomic E-state index is 12.1. The van der Waals surface area contributed by atoms with Crippen molar-refractivity contribution >= 4 is 17.6 Å². The lowest BCUT2D eigenvalue weighted by Gasteiger charge is -2.09. The fourth-order valence-electron chi connectivity index (χ4n) is 1.98. The first kappa shape index (κ1) is 15.6. The number of hydrogen-bond donors (Lipinski definition) is 1. The molecule has 2 aromatic rings. The van der Waals surface area contributed by atoms with Gasteiger partial charge in [0.2, 0.25) is 5.91 Å². The van der Waals surface area contributed by atoms with Crippen molar-refractivity contribution in [2.24, 2.45) is 0 Å². The number of carbonyl (C=O) groups excluding carboxylic acids is 2. The van der Waals surface area contributed by atoms with Gasteiger partial charge in [0.1, 0.15) is 12.4 Å². The van der Waals surface area contributed by atoms with Crippen LogP contribution in [0.25, 0.3) is 0 Å². The van der Waals surface area contributed by atoms with Crippen LogP contribution in [0.5, 0.6) is 5.75 Å². The Kier molecular flexibility index (Phi) is 5.14. The SMILES string of the molecule is COc1ccccc1COC(=O)c1cccc(NC(C)=O)c1. The summed E-state index contributed by atoms with van der Waals surface area (Å²) >= 11 is 0. The lowest BCUT2D eigenvalue weighted by atomic mass is 10.2. The summed E-state index contributed by atoms with van der Waals surface area (Å²) in [7, 11) is 1.57. The molecule has 5 heteroatoms. The smallest absolute Gasteiger partial charge is 0.338 e. The molecule has 0 atom stereocenters. The molecule has 5 nitrogen and oxygen atoms in total. The molecule has 2 aromatic carbocycles. The molecule has 0 fully saturated rings. The molecule has 0 aliphatic rings. The molecule has 0 saturated carbocycles. The summed E-state index contributed by atoms with van der Waals surface area (Å²) < 4.78 is 10.5. The number of anilines is 1. The minimum Gasteiger partial charge on any atom is -0.496 e. The first-order valence-corrected chi connectivity index (χ1v) is 6.77. The van der Waals surface area contributed by atoms with E-state index in [4.69, 9.17) is 9.47 Å². The zero-order chi connectivity index (χ0) is 15.9. The van der Waals surface area contributed by atoms with E-state index < -0.39 is 5.97 Å². The quantitative estimate of drug-likeness (QED) is 0.862. The van der Waals surface area contributed by atoms with Crippen molar-refractivity contribution in [2.45, 2.75) is 13.5 Å². The second-order valence-corrected chi connectivity index (χ2v) is 4.65. The van der Waals surface area contributed by atoms with Crippen molar-refractivity contribution in [3.05, 3.63) is 59.7 Å². The Morgan fingerprint density at radius 2 is 1.86 bits per heavy atom. The summed E-state index contributed by atoms with van der Waals surface area (Å²) in [4.78, 5) is 23.1. The Balaban J connectivity index is 2.04. The van der Waals surface area contributed by atoms with Gasteiger partial charge in [0.25, 0.3) is 0 Å². The van der Waals surface area contributed by atoms with Crippen LogP contribution in [0.4, 0.5) is 5.69 Å². The van der Waals surface area contributed by atoms with Crippen molar-refractivity contribution in [1.82, 2.24) is 0 Å². The van der Waals surface area contributed by atoms with E-state index in [9.17, 15) is 9.59 Å². The van der Waals surface area contributed by atoms with Gasteiger partial charge in [0.05, 0.1) is 12.7 Å². The number of para-hydroxylation sites is 1. The number of ether oxygens (including phenoxy) is 2. The highest BCUT2D eigenvalue weighted by Gasteiger charge is 2.10. The first-order valence-electron chi connectivity index (χ1n) is 6.77. The van der Waals surface area contributed by atoms with Gasteiger partial charge in [-0.1, -0.05) is 24.3 Å². The van der Waals surface area contributed by atoms with E-state index in [0.717, 1.165) is 5.56 Å². The van der Waals surface area contributed by atoms with Gasteiger partial charge in [-0.3, -0.25) is 4.79 Å². The number of hydrogen-bond acceptors (Lipinski definition) is 4. The number of amides is 1. The number of carbonyl (C=O) groups is 2. The van der Waals surface area contributed by atoms with Gasteiger partial charge in [-0.2, -0.15) is 0 Å². The highest BCUT2D eigenvalue weighted by atomic mass is 16.5. The third kappa shape index (κ3) is 4.09. The lowest BCUT2D eigenvalue weighted by Crippen LogP contribution is -2.09. The molecule has 114 valence electrons. The summed E-state index contributed by atoms with van der Waals surface area (Å²) in [6, 6.07) is 13.9. The normalized spacial score (nSPS) is 9.91. The zero-order valence-electron chi connectivity index (χ0n) is 12.5. The molecule has 0 saturated heterocycles. The molecule has 0 radical (unpaired) electrons. The Morgan fingerprint density at radius 3 is 2.59 bits per heavy atom. The van der Waals surface area contributed by atoms with Crippen LogP contribution in [0.15, 0.2) is 48.5 Å². The van der Waals surface area contributed by atoms with Crippen LogP contribution in [-0.4, -0.2) is 19.0 Å². The van der Waals surface area contributed by atoms with Gasteiger partial charge in [-0.15, -0.1) is 0 Å². The highest BCUT2D eigenvalue weighted by molar-refractivity contribution is 5.93. The lowest BCUT2D eigenvalue weighted by molar-refractivity contribution is -0.114. The molecule has 2 rings (SSSR count). The van der Waals surface area contributed by atoms with E-state index in [-0.39, 0.29) is 12.5 Å². The molecule has 1 N–H and O–H groups in total. The van der Waals surface area contributed by atoms with Gasteiger partial charge >= 0.3 is 5.97 Å². The molecule has 0 unspecified atom stereocenters. The summed E-state index contributed by atoms with van der Waals surface area (Å²) in [6.45, 7) is 1.53. The minimum atomic E-state index is -0.460. The molecular formula is C17H17NO4. The average molecular weight is 299 g/mol. The minimum absolute atomic E-state index is 0.118. The Hall–Kier alpha value is -2.82. The van der Waals surface area contributed by atoms with Gasteiger partial charge in [0.15, 0.2) is 0 Å². The maximum Gasteiger partial charge on any atom is 0.338 e. The number of esters is 1. The van der Waals surface area contributed by atoms with Crippen LogP contribution in [0.1, 0.15) is 22.8 Å². The fraction of sp³-hybridized carbons (Fsp3) is 0.176. The number of nitrogens with one attached hydrogen (secondary N) is 1. The van der Waals surface area contributed by atoms with Crippen molar-refractivity contribution in [2.75, 3.05) is 12.4 Å². The molecule has 0 aliphatic carbocycles. The Bertz CT molecular complexity index is 682.